The van der Waals surface area contributed by atoms with E-state index in [0.29, 0.717) is 0 Å². The third-order valence-corrected chi connectivity index (χ3v) is 3.77. The minimum absolute atomic E-state index is 0.745. The Kier molecular flexibility index (Phi) is 8.33. The number of unbranched alkanes of at least 4 members (excludes halogenated alkanes) is 1. The Balaban J connectivity index is 2.56. The zero-order chi connectivity index (χ0) is 16.4. The average Bonchev–Trinajstić information content (AvgIpc) is 2.55. The van der Waals surface area contributed by atoms with E-state index in [1.807, 2.05) is 13.2 Å². The van der Waals surface area contributed by atoms with Crippen LogP contribution in [0.5, 0.6) is 0 Å². The lowest BCUT2D eigenvalue weighted by molar-refractivity contribution is 0.464. The fraction of sp³-hybridized carbons (Fsp3) is 0.647. The number of nitrogens with zero attached hydrogens (tertiary/aromatic N) is 4. The van der Waals surface area contributed by atoms with Gasteiger partial charge in [-0.15, -0.1) is 0 Å². The summed E-state index contributed by atoms with van der Waals surface area (Å²) < 4.78 is 0. The second kappa shape index (κ2) is 10.0. The molecular weight excluding hydrogens is 274 g/mol. The molecule has 1 aromatic heterocycles. The van der Waals surface area contributed by atoms with Crippen LogP contribution in [0.3, 0.4) is 0 Å². The van der Waals surface area contributed by atoms with E-state index in [0.717, 1.165) is 38.0 Å². The average molecular weight is 305 g/mol. The number of rotatable bonds is 8. The van der Waals surface area contributed by atoms with Crippen molar-refractivity contribution in [3.63, 3.8) is 0 Å². The molecule has 1 aromatic rings. The van der Waals surface area contributed by atoms with Gasteiger partial charge in [-0.25, -0.2) is 4.98 Å². The summed E-state index contributed by atoms with van der Waals surface area (Å²) in [6.07, 6.45) is 4.31. The summed E-state index contributed by atoms with van der Waals surface area (Å²) in [4.78, 5) is 13.3. The molecule has 0 atom stereocenters. The molecule has 0 aliphatic rings. The number of aromatic nitrogens is 1. The monoisotopic (exact) mass is 305 g/mol. The van der Waals surface area contributed by atoms with Crippen molar-refractivity contribution in [2.75, 3.05) is 38.6 Å². The molecule has 0 aliphatic carbocycles. The van der Waals surface area contributed by atoms with Crippen LogP contribution in [0.4, 0.5) is 5.82 Å². The van der Waals surface area contributed by atoms with Gasteiger partial charge in [0.1, 0.15) is 5.82 Å². The molecule has 0 amide bonds. The highest BCUT2D eigenvalue weighted by Crippen LogP contribution is 2.10. The van der Waals surface area contributed by atoms with Crippen LogP contribution in [0.1, 0.15) is 39.2 Å². The van der Waals surface area contributed by atoms with Crippen molar-refractivity contribution >= 4 is 11.8 Å². The zero-order valence-electron chi connectivity index (χ0n) is 14.8. The number of anilines is 1. The lowest BCUT2D eigenvalue weighted by Gasteiger charge is -2.22. The highest BCUT2D eigenvalue weighted by Gasteiger charge is 2.06. The van der Waals surface area contributed by atoms with Crippen LogP contribution >= 0.6 is 0 Å². The molecule has 0 saturated heterocycles. The van der Waals surface area contributed by atoms with Gasteiger partial charge in [-0.3, -0.25) is 4.99 Å². The van der Waals surface area contributed by atoms with Crippen molar-refractivity contribution in [1.82, 2.24) is 15.2 Å². The molecule has 1 N–H and O–H groups in total. The summed E-state index contributed by atoms with van der Waals surface area (Å²) in [7, 11) is 3.90. The van der Waals surface area contributed by atoms with Crippen LogP contribution in [0.15, 0.2) is 23.3 Å². The molecule has 0 spiro atoms. The molecule has 22 heavy (non-hydrogen) atoms. The molecule has 0 aromatic carbocycles. The van der Waals surface area contributed by atoms with Crippen LogP contribution in [0, 0.1) is 0 Å². The van der Waals surface area contributed by atoms with E-state index in [1.54, 1.807) is 0 Å². The molecule has 0 unspecified atom stereocenters. The van der Waals surface area contributed by atoms with Gasteiger partial charge in [0.15, 0.2) is 5.96 Å². The normalized spacial score (nSPS) is 11.4. The van der Waals surface area contributed by atoms with Crippen molar-refractivity contribution in [2.45, 2.75) is 40.2 Å². The molecule has 1 heterocycles. The third kappa shape index (κ3) is 5.54. The van der Waals surface area contributed by atoms with Crippen LogP contribution in [-0.2, 0) is 6.54 Å². The predicted molar refractivity (Wildman–Crippen MR) is 95.5 cm³/mol. The molecule has 0 aliphatic heterocycles. The highest BCUT2D eigenvalue weighted by molar-refractivity contribution is 5.79. The summed E-state index contributed by atoms with van der Waals surface area (Å²) in [6.45, 7) is 10.2. The lowest BCUT2D eigenvalue weighted by Crippen LogP contribution is -2.39. The molecule has 0 saturated carbocycles. The quantitative estimate of drug-likeness (QED) is 0.592. The maximum absolute atomic E-state index is 4.55. The van der Waals surface area contributed by atoms with Gasteiger partial charge in [-0.2, -0.15) is 0 Å². The second-order valence-corrected chi connectivity index (χ2v) is 5.37. The Bertz CT molecular complexity index is 437. The van der Waals surface area contributed by atoms with E-state index in [4.69, 9.17) is 0 Å². The summed E-state index contributed by atoms with van der Waals surface area (Å²) in [6, 6.07) is 4.22. The SMILES string of the molecule is CCCCN(C)C(=NC)NCc1ccc(N(CC)CC)nc1. The Morgan fingerprint density at radius 3 is 2.45 bits per heavy atom. The van der Waals surface area contributed by atoms with Gasteiger partial charge in [0, 0.05) is 46.5 Å². The van der Waals surface area contributed by atoms with Gasteiger partial charge in [0.25, 0.3) is 0 Å². The van der Waals surface area contributed by atoms with Crippen molar-refractivity contribution in [3.05, 3.63) is 23.9 Å². The van der Waals surface area contributed by atoms with E-state index in [9.17, 15) is 0 Å². The third-order valence-electron chi connectivity index (χ3n) is 3.77. The first kappa shape index (κ1) is 18.3. The minimum Gasteiger partial charge on any atom is -0.357 e. The van der Waals surface area contributed by atoms with Gasteiger partial charge in [0.05, 0.1) is 0 Å². The predicted octanol–water partition coefficient (Wildman–Crippen LogP) is 2.74. The van der Waals surface area contributed by atoms with Crippen LogP contribution < -0.4 is 10.2 Å². The maximum Gasteiger partial charge on any atom is 0.193 e. The van der Waals surface area contributed by atoms with Gasteiger partial charge in [-0.1, -0.05) is 19.4 Å². The van der Waals surface area contributed by atoms with E-state index in [1.165, 1.54) is 18.4 Å². The first-order valence-corrected chi connectivity index (χ1v) is 8.27. The summed E-state index contributed by atoms with van der Waals surface area (Å²) in [5.41, 5.74) is 1.17. The Hall–Kier alpha value is -1.78. The van der Waals surface area contributed by atoms with Crippen LogP contribution in [0.25, 0.3) is 0 Å². The Labute approximate surface area is 135 Å². The molecular formula is C17H31N5. The fourth-order valence-electron chi connectivity index (χ4n) is 2.32. The Morgan fingerprint density at radius 1 is 1.23 bits per heavy atom. The lowest BCUT2D eigenvalue weighted by atomic mass is 10.2. The van der Waals surface area contributed by atoms with E-state index in [-0.39, 0.29) is 0 Å². The number of hydrogen-bond acceptors (Lipinski definition) is 3. The molecule has 5 nitrogen and oxygen atoms in total. The van der Waals surface area contributed by atoms with Crippen LogP contribution in [0.2, 0.25) is 0 Å². The highest BCUT2D eigenvalue weighted by atomic mass is 15.3. The second-order valence-electron chi connectivity index (χ2n) is 5.37. The molecule has 124 valence electrons. The molecule has 0 bridgehead atoms. The molecule has 0 radical (unpaired) electrons. The van der Waals surface area contributed by atoms with Crippen molar-refractivity contribution in [1.29, 1.82) is 0 Å². The van der Waals surface area contributed by atoms with Crippen molar-refractivity contribution in [2.24, 2.45) is 4.99 Å². The van der Waals surface area contributed by atoms with Crippen LogP contribution in [-0.4, -0.2) is 49.6 Å². The van der Waals surface area contributed by atoms with E-state index < -0.39 is 0 Å². The van der Waals surface area contributed by atoms with Gasteiger partial charge < -0.3 is 15.1 Å². The number of pyridine rings is 1. The smallest absolute Gasteiger partial charge is 0.193 e. The van der Waals surface area contributed by atoms with Gasteiger partial charge in [-0.05, 0) is 31.9 Å². The van der Waals surface area contributed by atoms with E-state index in [2.05, 4.69) is 65.0 Å². The number of guanidine groups is 1. The Morgan fingerprint density at radius 2 is 1.95 bits per heavy atom. The fourth-order valence-corrected chi connectivity index (χ4v) is 2.32. The largest absolute Gasteiger partial charge is 0.357 e. The summed E-state index contributed by atoms with van der Waals surface area (Å²) in [5.74, 6) is 1.97. The van der Waals surface area contributed by atoms with E-state index >= 15 is 0 Å². The first-order chi connectivity index (χ1) is 10.7. The van der Waals surface area contributed by atoms with Crippen molar-refractivity contribution in [3.8, 4) is 0 Å². The molecule has 5 heteroatoms. The number of aliphatic imine (C=N–C) groups is 1. The maximum atomic E-state index is 4.55. The molecule has 0 fully saturated rings. The standard InChI is InChI=1S/C17H31N5/c1-6-9-12-21(5)17(18-4)20-14-15-10-11-16(19-13-15)22(7-2)8-3/h10-11,13H,6-9,12,14H2,1-5H3,(H,18,20). The van der Waals surface area contributed by atoms with Gasteiger partial charge in [0.2, 0.25) is 0 Å². The van der Waals surface area contributed by atoms with Crippen molar-refractivity contribution < 1.29 is 0 Å². The number of nitrogens with one attached hydrogen (secondary N) is 1. The zero-order valence-corrected chi connectivity index (χ0v) is 14.8. The number of hydrogen-bond donors (Lipinski definition) is 1. The first-order valence-electron chi connectivity index (χ1n) is 8.27. The minimum atomic E-state index is 0.745. The topological polar surface area (TPSA) is 43.8 Å². The summed E-state index contributed by atoms with van der Waals surface area (Å²) >= 11 is 0. The molecule has 1 rings (SSSR count). The summed E-state index contributed by atoms with van der Waals surface area (Å²) in [5, 5.41) is 3.39. The van der Waals surface area contributed by atoms with Gasteiger partial charge >= 0.3 is 0 Å².